The Balaban J connectivity index is 1.91. The summed E-state index contributed by atoms with van der Waals surface area (Å²) in [6.45, 7) is 4.53. The summed E-state index contributed by atoms with van der Waals surface area (Å²) in [7, 11) is 0. The van der Waals surface area contributed by atoms with Crippen LogP contribution in [0.1, 0.15) is 25.0 Å². The van der Waals surface area contributed by atoms with Crippen LogP contribution in [-0.2, 0) is 22.6 Å². The Kier molecular flexibility index (Phi) is 10.7. The molecule has 0 aromatic heterocycles. The van der Waals surface area contributed by atoms with E-state index in [0.29, 0.717) is 28.8 Å². The normalized spacial score (nSPS) is 11.7. The number of halogens is 3. The molecular formula is C28H29BrCl2N2O3. The molecular weight excluding hydrogens is 563 g/mol. The number of rotatable bonds is 11. The minimum atomic E-state index is -0.734. The Labute approximate surface area is 230 Å². The molecule has 0 aliphatic carbocycles. The number of hydrogen-bond donors (Lipinski definition) is 1. The van der Waals surface area contributed by atoms with E-state index in [-0.39, 0.29) is 30.9 Å². The summed E-state index contributed by atoms with van der Waals surface area (Å²) in [5.74, 6) is 0.0821. The van der Waals surface area contributed by atoms with Gasteiger partial charge in [-0.15, -0.1) is 0 Å². The van der Waals surface area contributed by atoms with Gasteiger partial charge in [0.15, 0.2) is 6.61 Å². The van der Waals surface area contributed by atoms with Crippen LogP contribution in [-0.4, -0.2) is 35.9 Å². The molecule has 0 aliphatic rings. The van der Waals surface area contributed by atoms with Crippen LogP contribution in [0.2, 0.25) is 10.0 Å². The number of nitrogens with zero attached hydrogens (tertiary/aromatic N) is 1. The number of benzene rings is 3. The zero-order valence-corrected chi connectivity index (χ0v) is 23.3. The predicted molar refractivity (Wildman–Crippen MR) is 148 cm³/mol. The molecule has 0 aliphatic heterocycles. The zero-order chi connectivity index (χ0) is 26.1. The molecule has 0 fully saturated rings. The first-order chi connectivity index (χ1) is 17.2. The van der Waals surface area contributed by atoms with Crippen molar-refractivity contribution >= 4 is 50.9 Å². The Morgan fingerprint density at radius 1 is 0.972 bits per heavy atom. The van der Waals surface area contributed by atoms with Crippen LogP contribution < -0.4 is 10.1 Å². The second-order valence-electron chi connectivity index (χ2n) is 8.86. The number of hydrogen-bond acceptors (Lipinski definition) is 3. The van der Waals surface area contributed by atoms with Crippen LogP contribution in [0.5, 0.6) is 5.75 Å². The number of carbonyl (C=O) groups is 2. The first kappa shape index (κ1) is 28.0. The van der Waals surface area contributed by atoms with Gasteiger partial charge in [-0.2, -0.15) is 0 Å². The van der Waals surface area contributed by atoms with Crippen molar-refractivity contribution in [3.63, 3.8) is 0 Å². The number of nitrogens with one attached hydrogen (secondary N) is 1. The number of amides is 2. The van der Waals surface area contributed by atoms with Crippen molar-refractivity contribution in [2.75, 3.05) is 13.2 Å². The van der Waals surface area contributed by atoms with Crippen molar-refractivity contribution in [2.45, 2.75) is 32.9 Å². The summed E-state index contributed by atoms with van der Waals surface area (Å²) < 4.78 is 6.64. The van der Waals surface area contributed by atoms with E-state index >= 15 is 0 Å². The molecule has 3 aromatic carbocycles. The summed E-state index contributed by atoms with van der Waals surface area (Å²) in [5.41, 5.74) is 1.84. The van der Waals surface area contributed by atoms with Crippen LogP contribution in [0.25, 0.3) is 0 Å². The highest BCUT2D eigenvalue weighted by Crippen LogP contribution is 2.27. The van der Waals surface area contributed by atoms with Gasteiger partial charge in [-0.05, 0) is 47.4 Å². The molecule has 8 heteroatoms. The number of carbonyl (C=O) groups excluding carboxylic acids is 2. The summed E-state index contributed by atoms with van der Waals surface area (Å²) in [4.78, 5) is 28.6. The van der Waals surface area contributed by atoms with Crippen molar-refractivity contribution < 1.29 is 14.3 Å². The zero-order valence-electron chi connectivity index (χ0n) is 20.2. The van der Waals surface area contributed by atoms with Crippen LogP contribution in [0.15, 0.2) is 77.3 Å². The summed E-state index contributed by atoms with van der Waals surface area (Å²) in [6.07, 6.45) is 0.367. The molecule has 0 saturated carbocycles. The minimum Gasteiger partial charge on any atom is -0.482 e. The SMILES string of the molecule is CC(C)CNC(=O)[C@@H](Cc1ccccc1)N(Cc1cccc(Br)c1)C(=O)COc1ccc(Cl)cc1Cl. The molecule has 36 heavy (non-hydrogen) atoms. The maximum atomic E-state index is 13.6. The fraction of sp³-hybridized carbons (Fsp3) is 0.286. The first-order valence-electron chi connectivity index (χ1n) is 11.7. The van der Waals surface area contributed by atoms with Gasteiger partial charge in [0.25, 0.3) is 5.91 Å². The topological polar surface area (TPSA) is 58.6 Å². The van der Waals surface area contributed by atoms with Crippen LogP contribution in [0.4, 0.5) is 0 Å². The van der Waals surface area contributed by atoms with E-state index in [2.05, 4.69) is 21.2 Å². The van der Waals surface area contributed by atoms with E-state index in [1.54, 1.807) is 23.1 Å². The van der Waals surface area contributed by atoms with Gasteiger partial charge >= 0.3 is 0 Å². The third-order valence-electron chi connectivity index (χ3n) is 5.44. The Morgan fingerprint density at radius 2 is 1.69 bits per heavy atom. The molecule has 1 atom stereocenters. The lowest BCUT2D eigenvalue weighted by Gasteiger charge is -2.31. The highest BCUT2D eigenvalue weighted by atomic mass is 79.9. The Morgan fingerprint density at radius 3 is 2.36 bits per heavy atom. The molecule has 0 spiro atoms. The predicted octanol–water partition coefficient (Wildman–Crippen LogP) is 6.55. The smallest absolute Gasteiger partial charge is 0.261 e. The van der Waals surface area contributed by atoms with Gasteiger partial charge in [-0.25, -0.2) is 0 Å². The molecule has 0 saturated heterocycles. The second kappa shape index (κ2) is 13.7. The van der Waals surface area contributed by atoms with Gasteiger partial charge in [-0.3, -0.25) is 9.59 Å². The van der Waals surface area contributed by atoms with Crippen molar-refractivity contribution in [3.05, 3.63) is 98.4 Å². The number of ether oxygens (including phenoxy) is 1. The van der Waals surface area contributed by atoms with Crippen molar-refractivity contribution in [3.8, 4) is 5.75 Å². The average molecular weight is 592 g/mol. The van der Waals surface area contributed by atoms with E-state index in [1.165, 1.54) is 0 Å². The molecule has 0 bridgehead atoms. The Bertz CT molecular complexity index is 1170. The average Bonchev–Trinajstić information content (AvgIpc) is 2.84. The summed E-state index contributed by atoms with van der Waals surface area (Å²) in [5, 5.41) is 3.79. The highest BCUT2D eigenvalue weighted by Gasteiger charge is 2.31. The summed E-state index contributed by atoms with van der Waals surface area (Å²) in [6, 6.07) is 21.4. The van der Waals surface area contributed by atoms with E-state index in [0.717, 1.165) is 15.6 Å². The Hall–Kier alpha value is -2.54. The lowest BCUT2D eigenvalue weighted by Crippen LogP contribution is -2.52. The van der Waals surface area contributed by atoms with Gasteiger partial charge in [0, 0.05) is 29.0 Å². The van der Waals surface area contributed by atoms with Gasteiger partial charge in [0.05, 0.1) is 5.02 Å². The molecule has 190 valence electrons. The molecule has 0 unspecified atom stereocenters. The lowest BCUT2D eigenvalue weighted by molar-refractivity contribution is -0.142. The van der Waals surface area contributed by atoms with Crippen LogP contribution in [0.3, 0.4) is 0 Å². The lowest BCUT2D eigenvalue weighted by atomic mass is 10.0. The van der Waals surface area contributed by atoms with E-state index < -0.39 is 6.04 Å². The third kappa shape index (κ3) is 8.54. The maximum absolute atomic E-state index is 13.6. The van der Waals surface area contributed by atoms with Gasteiger partial charge < -0.3 is 15.0 Å². The minimum absolute atomic E-state index is 0.208. The van der Waals surface area contributed by atoms with Gasteiger partial charge in [0.2, 0.25) is 5.91 Å². The van der Waals surface area contributed by atoms with E-state index in [9.17, 15) is 9.59 Å². The summed E-state index contributed by atoms with van der Waals surface area (Å²) >= 11 is 15.7. The molecule has 5 nitrogen and oxygen atoms in total. The standard InChI is InChI=1S/C28H29BrCl2N2O3/c1-19(2)16-32-28(35)25(14-20-7-4-3-5-8-20)33(17-21-9-6-10-22(29)13-21)27(34)18-36-26-12-11-23(30)15-24(26)31/h3-13,15,19,25H,14,16-18H2,1-2H3,(H,32,35)/t25-/m1/s1. The van der Waals surface area contributed by atoms with E-state index in [1.807, 2.05) is 68.4 Å². The molecule has 0 radical (unpaired) electrons. The molecule has 1 N–H and O–H groups in total. The quantitative estimate of drug-likeness (QED) is 0.275. The maximum Gasteiger partial charge on any atom is 0.261 e. The monoisotopic (exact) mass is 590 g/mol. The van der Waals surface area contributed by atoms with Crippen LogP contribution in [0, 0.1) is 5.92 Å². The van der Waals surface area contributed by atoms with Gasteiger partial charge in [0.1, 0.15) is 11.8 Å². The fourth-order valence-corrected chi connectivity index (χ4v) is 4.53. The van der Waals surface area contributed by atoms with E-state index in [4.69, 9.17) is 27.9 Å². The van der Waals surface area contributed by atoms with Crippen molar-refractivity contribution in [1.29, 1.82) is 0 Å². The first-order valence-corrected chi connectivity index (χ1v) is 13.2. The van der Waals surface area contributed by atoms with Gasteiger partial charge in [-0.1, -0.05) is 95.4 Å². The van der Waals surface area contributed by atoms with Crippen molar-refractivity contribution in [2.24, 2.45) is 5.92 Å². The molecule has 3 rings (SSSR count). The molecule has 3 aromatic rings. The van der Waals surface area contributed by atoms with Crippen LogP contribution >= 0.6 is 39.1 Å². The largest absolute Gasteiger partial charge is 0.482 e. The van der Waals surface area contributed by atoms with Crippen molar-refractivity contribution in [1.82, 2.24) is 10.2 Å². The molecule has 0 heterocycles. The highest BCUT2D eigenvalue weighted by molar-refractivity contribution is 9.10. The molecule has 2 amide bonds. The third-order valence-corrected chi connectivity index (χ3v) is 6.47. The fourth-order valence-electron chi connectivity index (χ4n) is 3.62. The second-order valence-corrected chi connectivity index (χ2v) is 10.6.